The van der Waals surface area contributed by atoms with Crippen molar-refractivity contribution < 1.29 is 31.1 Å². The van der Waals surface area contributed by atoms with E-state index in [1.807, 2.05) is 4.72 Å². The third kappa shape index (κ3) is 4.70. The Morgan fingerprint density at radius 2 is 1.93 bits per heavy atom. The fourth-order valence-electron chi connectivity index (χ4n) is 2.86. The lowest BCUT2D eigenvalue weighted by Gasteiger charge is -2.31. The molecule has 1 atom stereocenters. The number of guanidine groups is 1. The summed E-state index contributed by atoms with van der Waals surface area (Å²) in [5.74, 6) is -0.392. The molecule has 1 aliphatic carbocycles. The predicted octanol–water partition coefficient (Wildman–Crippen LogP) is 2.27. The van der Waals surface area contributed by atoms with Gasteiger partial charge in [-0.25, -0.2) is 22.9 Å². The highest BCUT2D eigenvalue weighted by atomic mass is 32.2. The van der Waals surface area contributed by atoms with Crippen molar-refractivity contribution in [1.29, 1.82) is 0 Å². The summed E-state index contributed by atoms with van der Waals surface area (Å²) >= 11 is 0. The minimum absolute atomic E-state index is 0.0396. The van der Waals surface area contributed by atoms with Gasteiger partial charge in [0.2, 0.25) is 5.96 Å². The minimum Gasteiger partial charge on any atom is -0.358 e. The first kappa shape index (κ1) is 21.1. The molecule has 1 aromatic rings. The Labute approximate surface area is 165 Å². The predicted molar refractivity (Wildman–Crippen MR) is 97.4 cm³/mol. The number of rotatable bonds is 4. The van der Waals surface area contributed by atoms with Crippen LogP contribution in [0.4, 0.5) is 18.0 Å². The number of allylic oxidation sites excluding steroid dienone is 1. The summed E-state index contributed by atoms with van der Waals surface area (Å²) in [7, 11) is -1.70. The van der Waals surface area contributed by atoms with E-state index in [-0.39, 0.29) is 10.8 Å². The van der Waals surface area contributed by atoms with Gasteiger partial charge in [-0.3, -0.25) is 5.32 Å². The van der Waals surface area contributed by atoms with Crippen LogP contribution < -0.4 is 10.0 Å². The van der Waals surface area contributed by atoms with Crippen LogP contribution >= 0.6 is 0 Å². The highest BCUT2D eigenvalue weighted by Gasteiger charge is 2.39. The lowest BCUT2D eigenvalue weighted by molar-refractivity contribution is -0.0953. The molecule has 0 spiro atoms. The third-order valence-corrected chi connectivity index (χ3v) is 5.86. The van der Waals surface area contributed by atoms with E-state index in [0.29, 0.717) is 5.56 Å². The van der Waals surface area contributed by atoms with Crippen LogP contribution in [0.2, 0.25) is 0 Å². The van der Waals surface area contributed by atoms with E-state index in [2.05, 4.69) is 10.3 Å². The van der Waals surface area contributed by atoms with E-state index in [1.165, 1.54) is 26.3 Å². The first-order valence-corrected chi connectivity index (χ1v) is 10.1. The Kier molecular flexibility index (Phi) is 5.59. The zero-order valence-electron chi connectivity index (χ0n) is 15.5. The number of urea groups is 1. The highest BCUT2D eigenvalue weighted by Crippen LogP contribution is 2.42. The summed E-state index contributed by atoms with van der Waals surface area (Å²) in [6, 6.07) is 5.04. The normalized spacial score (nSPS) is 20.0. The Hall–Kier alpha value is -2.60. The van der Waals surface area contributed by atoms with Crippen LogP contribution in [-0.4, -0.2) is 51.9 Å². The summed E-state index contributed by atoms with van der Waals surface area (Å²) < 4.78 is 71.1. The van der Waals surface area contributed by atoms with Crippen LogP contribution in [0, 0.1) is 0 Å². The third-order valence-electron chi connectivity index (χ3n) is 4.45. The highest BCUT2D eigenvalue weighted by molar-refractivity contribution is 7.90. The van der Waals surface area contributed by atoms with Crippen molar-refractivity contribution in [2.75, 3.05) is 14.2 Å². The molecule has 2 amide bonds. The van der Waals surface area contributed by atoms with Crippen molar-refractivity contribution >= 4 is 22.0 Å². The molecule has 1 aromatic carbocycles. The average molecular weight is 432 g/mol. The molecule has 0 bridgehead atoms. The molecule has 0 saturated heterocycles. The first-order chi connectivity index (χ1) is 13.5. The monoisotopic (exact) mass is 432 g/mol. The lowest BCUT2D eigenvalue weighted by Crippen LogP contribution is -2.52. The van der Waals surface area contributed by atoms with Gasteiger partial charge in [0.05, 0.1) is 4.90 Å². The minimum atomic E-state index is -4.77. The lowest BCUT2D eigenvalue weighted by atomic mass is 10.1. The second-order valence-electron chi connectivity index (χ2n) is 6.59. The van der Waals surface area contributed by atoms with Crippen LogP contribution in [-0.2, 0) is 14.8 Å². The van der Waals surface area contributed by atoms with Crippen molar-refractivity contribution in [2.24, 2.45) is 4.99 Å². The van der Waals surface area contributed by atoms with E-state index < -0.39 is 40.1 Å². The smallest absolute Gasteiger partial charge is 0.358 e. The summed E-state index contributed by atoms with van der Waals surface area (Å²) in [6.45, 7) is 0. The quantitative estimate of drug-likeness (QED) is 0.761. The molecule has 12 heteroatoms. The number of carbonyl (C=O) groups is 1. The fourth-order valence-corrected chi connectivity index (χ4v) is 4.07. The zero-order valence-corrected chi connectivity index (χ0v) is 16.3. The Bertz CT molecular complexity index is 971. The number of carbonyl (C=O) groups excluding carboxylic acids is 1. The van der Waals surface area contributed by atoms with Gasteiger partial charge in [0.25, 0.3) is 10.0 Å². The number of benzene rings is 1. The Morgan fingerprint density at radius 3 is 2.52 bits per heavy atom. The van der Waals surface area contributed by atoms with E-state index >= 15 is 0 Å². The summed E-state index contributed by atoms with van der Waals surface area (Å²) in [6.07, 6.45) is -3.47. The molecule has 2 aliphatic rings. The van der Waals surface area contributed by atoms with E-state index in [4.69, 9.17) is 4.74 Å². The molecule has 1 saturated carbocycles. The molecule has 8 nitrogen and oxygen atoms in total. The molecule has 2 N–H and O–H groups in total. The maximum atomic E-state index is 13.0. The van der Waals surface area contributed by atoms with Gasteiger partial charge < -0.3 is 9.64 Å². The number of nitrogens with one attached hydrogen (secondary N) is 2. The van der Waals surface area contributed by atoms with Crippen LogP contribution in [0.5, 0.6) is 0 Å². The van der Waals surface area contributed by atoms with E-state index in [0.717, 1.165) is 23.8 Å². The molecule has 1 fully saturated rings. The summed E-state index contributed by atoms with van der Waals surface area (Å²) in [5, 5.41) is 2.05. The standard InChI is InChI=1S/C17H19F3N4O4S/c1-24-14(28-2)9-13(17(18,19)20)21-15(24)22-16(25)23-29(26,27)12-6-4-3-5-11(12)10-7-8-10/h3-6,9-10,14H,7-8H2,1-2H3,(H2,21,22,23,25). The average Bonchev–Trinajstić information content (AvgIpc) is 3.47. The Balaban J connectivity index is 1.79. The van der Waals surface area contributed by atoms with Gasteiger partial charge in [-0.15, -0.1) is 0 Å². The van der Waals surface area contributed by atoms with Crippen molar-refractivity contribution in [2.45, 2.75) is 36.1 Å². The van der Waals surface area contributed by atoms with Gasteiger partial charge >= 0.3 is 12.2 Å². The molecule has 1 heterocycles. The molecule has 1 aliphatic heterocycles. The summed E-state index contributed by atoms with van der Waals surface area (Å²) in [4.78, 5) is 16.7. The van der Waals surface area contributed by atoms with Crippen LogP contribution in [0.15, 0.2) is 45.9 Å². The fraction of sp³-hybridized carbons (Fsp3) is 0.412. The number of halogens is 3. The number of aliphatic imine (C=N–C) groups is 1. The number of sulfonamides is 1. The molecule has 29 heavy (non-hydrogen) atoms. The number of alkyl halides is 3. The Morgan fingerprint density at radius 1 is 1.28 bits per heavy atom. The number of hydrogen-bond donors (Lipinski definition) is 2. The second-order valence-corrected chi connectivity index (χ2v) is 8.24. The molecule has 1 unspecified atom stereocenters. The maximum absolute atomic E-state index is 13.0. The van der Waals surface area contributed by atoms with Gasteiger partial charge in [-0.1, -0.05) is 18.2 Å². The SMILES string of the molecule is COC1C=C(C(F)(F)F)N=C(NC(=O)NS(=O)(=O)c2ccccc2C2CC2)N1C. The molecule has 158 valence electrons. The largest absolute Gasteiger partial charge is 0.433 e. The number of nitrogens with zero attached hydrogens (tertiary/aromatic N) is 2. The molecular formula is C17H19F3N4O4S. The zero-order chi connectivity index (χ0) is 21.4. The van der Waals surface area contributed by atoms with Crippen LogP contribution in [0.1, 0.15) is 24.3 Å². The number of methoxy groups -OCH3 is 1. The molecule has 0 radical (unpaired) electrons. The number of likely N-dealkylation sites (N-methyl/N-ethyl adjacent to an activating group) is 1. The topological polar surface area (TPSA) is 100 Å². The van der Waals surface area contributed by atoms with Crippen molar-refractivity contribution in [3.63, 3.8) is 0 Å². The van der Waals surface area contributed by atoms with E-state index in [1.54, 1.807) is 12.1 Å². The summed E-state index contributed by atoms with van der Waals surface area (Å²) in [5.41, 5.74) is -0.665. The maximum Gasteiger partial charge on any atom is 0.433 e. The van der Waals surface area contributed by atoms with Crippen molar-refractivity contribution in [1.82, 2.24) is 14.9 Å². The second kappa shape index (κ2) is 7.67. The number of amides is 2. The number of ether oxygens (including phenoxy) is 1. The van der Waals surface area contributed by atoms with Gasteiger partial charge in [-0.05, 0) is 36.5 Å². The molecule has 3 rings (SSSR count). The van der Waals surface area contributed by atoms with Gasteiger partial charge in [0.1, 0.15) is 5.70 Å². The molecular weight excluding hydrogens is 413 g/mol. The van der Waals surface area contributed by atoms with Crippen molar-refractivity contribution in [3.05, 3.63) is 41.6 Å². The van der Waals surface area contributed by atoms with Crippen LogP contribution in [0.3, 0.4) is 0 Å². The van der Waals surface area contributed by atoms with Crippen molar-refractivity contribution in [3.8, 4) is 0 Å². The number of hydrogen-bond acceptors (Lipinski definition) is 6. The molecule has 0 aromatic heterocycles. The van der Waals surface area contributed by atoms with Gasteiger partial charge in [-0.2, -0.15) is 13.2 Å². The van der Waals surface area contributed by atoms with E-state index in [9.17, 15) is 26.4 Å². The van der Waals surface area contributed by atoms with Gasteiger partial charge in [0, 0.05) is 14.2 Å². The first-order valence-electron chi connectivity index (χ1n) is 8.59. The van der Waals surface area contributed by atoms with Crippen LogP contribution in [0.25, 0.3) is 0 Å². The van der Waals surface area contributed by atoms with Gasteiger partial charge in [0.15, 0.2) is 6.23 Å².